The van der Waals surface area contributed by atoms with Crippen LogP contribution in [0.2, 0.25) is 0 Å². The molecule has 0 radical (unpaired) electrons. The number of benzene rings is 1. The van der Waals surface area contributed by atoms with E-state index in [9.17, 15) is 0 Å². The van der Waals surface area contributed by atoms with Crippen LogP contribution < -0.4 is 10.1 Å². The molecule has 1 N–H and O–H groups in total. The lowest BCUT2D eigenvalue weighted by atomic mass is 10.00. The third-order valence-corrected chi connectivity index (χ3v) is 3.65. The van der Waals surface area contributed by atoms with Gasteiger partial charge in [-0.3, -0.25) is 0 Å². The van der Waals surface area contributed by atoms with Crippen LogP contribution in [-0.2, 0) is 6.42 Å². The van der Waals surface area contributed by atoms with Crippen LogP contribution in [0.3, 0.4) is 0 Å². The molecule has 20 heavy (non-hydrogen) atoms. The lowest BCUT2D eigenvalue weighted by Crippen LogP contribution is -2.28. The van der Waals surface area contributed by atoms with E-state index in [2.05, 4.69) is 15.5 Å². The van der Waals surface area contributed by atoms with Gasteiger partial charge in [0.25, 0.3) is 0 Å². The van der Waals surface area contributed by atoms with Crippen LogP contribution in [0.15, 0.2) is 28.8 Å². The zero-order valence-corrected chi connectivity index (χ0v) is 11.6. The molecular weight excluding hydrogens is 254 g/mol. The molecule has 2 aromatic rings. The molecule has 1 aromatic carbocycles. The van der Waals surface area contributed by atoms with Gasteiger partial charge < -0.3 is 14.6 Å². The highest BCUT2D eigenvalue weighted by molar-refractivity contribution is 5.28. The molecule has 0 amide bonds. The average molecular weight is 273 g/mol. The molecule has 0 saturated carbocycles. The molecule has 3 rings (SSSR count). The molecule has 1 aliphatic heterocycles. The Balaban J connectivity index is 1.66. The van der Waals surface area contributed by atoms with Crippen molar-refractivity contribution in [3.63, 3.8) is 0 Å². The second-order valence-electron chi connectivity index (χ2n) is 5.12. The summed E-state index contributed by atoms with van der Waals surface area (Å²) < 4.78 is 10.5. The van der Waals surface area contributed by atoms with Crippen LogP contribution in [0.5, 0.6) is 5.75 Å². The van der Waals surface area contributed by atoms with E-state index in [4.69, 9.17) is 9.26 Å². The van der Waals surface area contributed by atoms with Gasteiger partial charge in [0.15, 0.2) is 5.82 Å². The number of aromatic nitrogens is 2. The molecule has 1 aliphatic rings. The highest BCUT2D eigenvalue weighted by atomic mass is 16.5. The first-order valence-corrected chi connectivity index (χ1v) is 7.01. The third-order valence-electron chi connectivity index (χ3n) is 3.65. The smallest absolute Gasteiger partial charge is 0.231 e. The average Bonchev–Trinajstić information content (AvgIpc) is 2.97. The number of nitrogens with one attached hydrogen (secondary N) is 1. The van der Waals surface area contributed by atoms with E-state index in [-0.39, 0.29) is 0 Å². The van der Waals surface area contributed by atoms with Crippen LogP contribution in [0.25, 0.3) is 0 Å². The first-order valence-electron chi connectivity index (χ1n) is 7.01. The second kappa shape index (κ2) is 6.05. The molecule has 5 nitrogen and oxygen atoms in total. The highest BCUT2D eigenvalue weighted by Crippen LogP contribution is 2.22. The van der Waals surface area contributed by atoms with E-state index in [1.165, 1.54) is 6.42 Å². The van der Waals surface area contributed by atoms with Crippen LogP contribution in [0.1, 0.15) is 36.0 Å². The second-order valence-corrected chi connectivity index (χ2v) is 5.12. The van der Waals surface area contributed by atoms with Gasteiger partial charge in [0, 0.05) is 13.0 Å². The Morgan fingerprint density at radius 1 is 1.35 bits per heavy atom. The van der Waals surface area contributed by atoms with Gasteiger partial charge in [-0.05, 0) is 37.1 Å². The fourth-order valence-electron chi connectivity index (χ4n) is 2.49. The van der Waals surface area contributed by atoms with E-state index < -0.39 is 0 Å². The summed E-state index contributed by atoms with van der Waals surface area (Å²) in [4.78, 5) is 4.52. The van der Waals surface area contributed by atoms with Gasteiger partial charge in [0.1, 0.15) is 5.75 Å². The number of hydrogen-bond acceptors (Lipinski definition) is 5. The Bertz CT molecular complexity index is 545. The van der Waals surface area contributed by atoms with E-state index in [1.54, 1.807) is 7.11 Å². The Morgan fingerprint density at radius 3 is 2.90 bits per heavy atom. The predicted octanol–water partition coefficient (Wildman–Crippen LogP) is 2.14. The Morgan fingerprint density at radius 2 is 2.20 bits per heavy atom. The number of piperidine rings is 1. The number of ether oxygens (including phenoxy) is 1. The highest BCUT2D eigenvalue weighted by Gasteiger charge is 2.21. The van der Waals surface area contributed by atoms with Crippen molar-refractivity contribution in [3.8, 4) is 5.75 Å². The zero-order valence-electron chi connectivity index (χ0n) is 11.6. The molecule has 0 bridgehead atoms. The van der Waals surface area contributed by atoms with Crippen molar-refractivity contribution in [3.05, 3.63) is 41.5 Å². The maximum Gasteiger partial charge on any atom is 0.231 e. The molecule has 1 fully saturated rings. The quantitative estimate of drug-likeness (QED) is 0.924. The zero-order chi connectivity index (χ0) is 13.8. The van der Waals surface area contributed by atoms with Gasteiger partial charge in [-0.1, -0.05) is 17.3 Å². The standard InChI is InChI=1S/C15H19N3O2/c1-19-13-6-4-11(5-7-13)9-14-17-15(20-18-14)12-3-2-8-16-10-12/h4-7,12,16H,2-3,8-10H2,1H3/t12-/m0/s1. The molecular formula is C15H19N3O2. The molecule has 1 aromatic heterocycles. The van der Waals surface area contributed by atoms with Gasteiger partial charge >= 0.3 is 0 Å². The Labute approximate surface area is 118 Å². The normalized spacial score (nSPS) is 18.9. The van der Waals surface area contributed by atoms with E-state index in [0.29, 0.717) is 12.3 Å². The fourth-order valence-corrected chi connectivity index (χ4v) is 2.49. The van der Waals surface area contributed by atoms with Gasteiger partial charge in [-0.25, -0.2) is 0 Å². The van der Waals surface area contributed by atoms with Gasteiger partial charge in [0.2, 0.25) is 5.89 Å². The Kier molecular flexibility index (Phi) is 3.97. The lowest BCUT2D eigenvalue weighted by Gasteiger charge is -2.18. The minimum absolute atomic E-state index is 0.362. The summed E-state index contributed by atoms with van der Waals surface area (Å²) in [5.74, 6) is 2.73. The molecule has 5 heteroatoms. The van der Waals surface area contributed by atoms with Crippen molar-refractivity contribution >= 4 is 0 Å². The maximum absolute atomic E-state index is 5.40. The summed E-state index contributed by atoms with van der Waals surface area (Å²) in [5, 5.41) is 7.45. The van der Waals surface area contributed by atoms with Gasteiger partial charge in [0.05, 0.1) is 13.0 Å². The Hall–Kier alpha value is -1.88. The predicted molar refractivity (Wildman–Crippen MR) is 74.9 cm³/mol. The lowest BCUT2D eigenvalue weighted by molar-refractivity contribution is 0.320. The largest absolute Gasteiger partial charge is 0.497 e. The maximum atomic E-state index is 5.40. The number of hydrogen-bond donors (Lipinski definition) is 1. The monoisotopic (exact) mass is 273 g/mol. The summed E-state index contributed by atoms with van der Waals surface area (Å²) in [6.07, 6.45) is 2.98. The van der Waals surface area contributed by atoms with Crippen molar-refractivity contribution in [1.82, 2.24) is 15.5 Å². The van der Waals surface area contributed by atoms with E-state index in [1.807, 2.05) is 24.3 Å². The number of nitrogens with zero attached hydrogens (tertiary/aromatic N) is 2. The molecule has 1 atom stereocenters. The third kappa shape index (κ3) is 2.99. The molecule has 0 aliphatic carbocycles. The topological polar surface area (TPSA) is 60.2 Å². The first kappa shape index (κ1) is 13.1. The fraction of sp³-hybridized carbons (Fsp3) is 0.467. The molecule has 0 spiro atoms. The first-order chi connectivity index (χ1) is 9.85. The van der Waals surface area contributed by atoms with Crippen molar-refractivity contribution in [1.29, 1.82) is 0 Å². The van der Waals surface area contributed by atoms with Crippen LogP contribution in [0.4, 0.5) is 0 Å². The van der Waals surface area contributed by atoms with Gasteiger partial charge in [-0.15, -0.1) is 0 Å². The number of methoxy groups -OCH3 is 1. The van der Waals surface area contributed by atoms with Crippen molar-refractivity contribution in [2.45, 2.75) is 25.2 Å². The van der Waals surface area contributed by atoms with E-state index >= 15 is 0 Å². The molecule has 106 valence electrons. The summed E-state index contributed by atoms with van der Waals surface area (Å²) in [6.45, 7) is 2.02. The summed E-state index contributed by atoms with van der Waals surface area (Å²) in [7, 11) is 1.67. The van der Waals surface area contributed by atoms with Crippen molar-refractivity contribution < 1.29 is 9.26 Å². The van der Waals surface area contributed by atoms with Crippen LogP contribution in [0, 0.1) is 0 Å². The van der Waals surface area contributed by atoms with Gasteiger partial charge in [-0.2, -0.15) is 4.98 Å². The summed E-state index contributed by atoms with van der Waals surface area (Å²) >= 11 is 0. The summed E-state index contributed by atoms with van der Waals surface area (Å²) in [5.41, 5.74) is 1.15. The minimum atomic E-state index is 0.362. The van der Waals surface area contributed by atoms with E-state index in [0.717, 1.165) is 42.5 Å². The minimum Gasteiger partial charge on any atom is -0.497 e. The van der Waals surface area contributed by atoms with Crippen molar-refractivity contribution in [2.75, 3.05) is 20.2 Å². The molecule has 2 heterocycles. The van der Waals surface area contributed by atoms with Crippen LogP contribution in [-0.4, -0.2) is 30.3 Å². The van der Waals surface area contributed by atoms with Crippen LogP contribution >= 0.6 is 0 Å². The van der Waals surface area contributed by atoms with Crippen molar-refractivity contribution in [2.24, 2.45) is 0 Å². The number of rotatable bonds is 4. The SMILES string of the molecule is COc1ccc(Cc2noc([C@H]3CCCNC3)n2)cc1. The molecule has 0 unspecified atom stereocenters. The molecule has 1 saturated heterocycles. The summed E-state index contributed by atoms with van der Waals surface area (Å²) in [6, 6.07) is 7.94.